The molecule has 0 heterocycles. The molecule has 0 aliphatic heterocycles. The Labute approximate surface area is 143 Å². The lowest BCUT2D eigenvalue weighted by molar-refractivity contribution is 0.259. The van der Waals surface area contributed by atoms with Crippen LogP contribution in [-0.2, 0) is 0 Å². The third-order valence-corrected chi connectivity index (χ3v) is 4.34. The molecule has 1 saturated carbocycles. The minimum Gasteiger partial charge on any atom is -0.508 e. The van der Waals surface area contributed by atoms with Crippen molar-refractivity contribution in [2.45, 2.75) is 52.0 Å². The topological polar surface area (TPSA) is 102 Å². The molecule has 0 radical (unpaired) electrons. The third-order valence-electron chi connectivity index (χ3n) is 4.34. The lowest BCUT2D eigenvalue weighted by atomic mass is 9.92. The summed E-state index contributed by atoms with van der Waals surface area (Å²) < 4.78 is 0. The third kappa shape index (κ3) is 4.31. The van der Waals surface area contributed by atoms with Crippen LogP contribution in [-0.4, -0.2) is 23.7 Å². The van der Waals surface area contributed by atoms with Gasteiger partial charge in [-0.25, -0.2) is 4.79 Å². The van der Waals surface area contributed by atoms with Crippen molar-refractivity contribution in [3.05, 3.63) is 17.7 Å². The van der Waals surface area contributed by atoms with Crippen LogP contribution in [0.3, 0.4) is 0 Å². The number of urea groups is 1. The number of carbonyl (C=O) groups excluding carboxylic acids is 1. The highest BCUT2D eigenvalue weighted by molar-refractivity contribution is 5.94. The van der Waals surface area contributed by atoms with Crippen LogP contribution in [0.2, 0.25) is 0 Å². The van der Waals surface area contributed by atoms with Crippen LogP contribution in [0.5, 0.6) is 5.75 Å². The van der Waals surface area contributed by atoms with Crippen LogP contribution in [0.25, 0.3) is 0 Å². The Bertz CT molecular complexity index is 631. The number of benzene rings is 1. The van der Waals surface area contributed by atoms with Crippen LogP contribution < -0.4 is 16.0 Å². The second-order valence-corrected chi connectivity index (χ2v) is 6.83. The van der Waals surface area contributed by atoms with Gasteiger partial charge in [0.25, 0.3) is 0 Å². The average Bonchev–Trinajstić information content (AvgIpc) is 2.52. The first-order chi connectivity index (χ1) is 11.4. The molecule has 0 unspecified atom stereocenters. The van der Waals surface area contributed by atoms with E-state index in [1.54, 1.807) is 0 Å². The molecule has 6 nitrogen and oxygen atoms in total. The number of hydrogen-bond acceptors (Lipinski definition) is 4. The number of primary amides is 1. The molecule has 1 aliphatic rings. The van der Waals surface area contributed by atoms with Crippen molar-refractivity contribution in [2.75, 3.05) is 16.8 Å². The Morgan fingerprint density at radius 1 is 1.42 bits per heavy atom. The number of nitrogens with one attached hydrogen (secondary N) is 1. The maximum Gasteiger partial charge on any atom is 0.316 e. The lowest BCUT2D eigenvalue weighted by Gasteiger charge is -2.38. The number of nitriles is 1. The zero-order valence-corrected chi connectivity index (χ0v) is 14.4. The molecule has 4 N–H and O–H groups in total. The van der Waals surface area contributed by atoms with Crippen molar-refractivity contribution in [3.63, 3.8) is 0 Å². The van der Waals surface area contributed by atoms with Crippen molar-refractivity contribution < 1.29 is 9.90 Å². The van der Waals surface area contributed by atoms with E-state index >= 15 is 0 Å². The number of aromatic hydroxyl groups is 1. The molecule has 0 atom stereocenters. The van der Waals surface area contributed by atoms with Crippen molar-refractivity contribution in [3.8, 4) is 11.8 Å². The largest absolute Gasteiger partial charge is 0.508 e. The van der Waals surface area contributed by atoms with Crippen molar-refractivity contribution in [1.29, 1.82) is 5.26 Å². The Morgan fingerprint density at radius 2 is 2.08 bits per heavy atom. The number of phenolic OH excluding ortho intramolecular Hbond substituents is 1. The number of hydrogen-bond donors (Lipinski definition) is 3. The predicted molar refractivity (Wildman–Crippen MR) is 95.1 cm³/mol. The van der Waals surface area contributed by atoms with Crippen LogP contribution in [0.4, 0.5) is 16.2 Å². The number of carbonyl (C=O) groups is 1. The molecule has 0 bridgehead atoms. The maximum atomic E-state index is 11.4. The monoisotopic (exact) mass is 330 g/mol. The van der Waals surface area contributed by atoms with E-state index in [0.29, 0.717) is 28.9 Å². The molecule has 1 aromatic rings. The molecule has 0 saturated heterocycles. The van der Waals surface area contributed by atoms with Gasteiger partial charge in [-0.05, 0) is 24.8 Å². The Balaban J connectivity index is 2.53. The second-order valence-electron chi connectivity index (χ2n) is 6.83. The van der Waals surface area contributed by atoms with E-state index in [1.165, 1.54) is 18.6 Å². The van der Waals surface area contributed by atoms with Gasteiger partial charge in [0.1, 0.15) is 11.8 Å². The van der Waals surface area contributed by atoms with Crippen LogP contribution in [0, 0.1) is 17.2 Å². The summed E-state index contributed by atoms with van der Waals surface area (Å²) in [6.07, 6.45) is 5.69. The van der Waals surface area contributed by atoms with Gasteiger partial charge in [-0.3, -0.25) is 0 Å². The molecule has 2 rings (SSSR count). The summed E-state index contributed by atoms with van der Waals surface area (Å²) in [7, 11) is 0. The number of nitrogens with two attached hydrogens (primary N) is 1. The van der Waals surface area contributed by atoms with Crippen molar-refractivity contribution in [2.24, 2.45) is 11.7 Å². The first kappa shape index (κ1) is 17.9. The fourth-order valence-corrected chi connectivity index (χ4v) is 3.45. The normalized spacial score (nSPS) is 15.1. The van der Waals surface area contributed by atoms with E-state index in [4.69, 9.17) is 5.73 Å². The van der Waals surface area contributed by atoms with E-state index in [0.717, 1.165) is 32.2 Å². The molecule has 24 heavy (non-hydrogen) atoms. The Hall–Kier alpha value is -2.42. The number of amides is 2. The molecule has 0 spiro atoms. The molecule has 0 aromatic heterocycles. The maximum absolute atomic E-state index is 11.4. The highest BCUT2D eigenvalue weighted by atomic mass is 16.3. The van der Waals surface area contributed by atoms with Crippen LogP contribution >= 0.6 is 0 Å². The fourth-order valence-electron chi connectivity index (χ4n) is 3.45. The predicted octanol–water partition coefficient (Wildman–Crippen LogP) is 3.55. The van der Waals surface area contributed by atoms with Gasteiger partial charge in [-0.2, -0.15) is 5.26 Å². The van der Waals surface area contributed by atoms with Gasteiger partial charge < -0.3 is 21.1 Å². The number of anilines is 2. The van der Waals surface area contributed by atoms with Gasteiger partial charge in [0.2, 0.25) is 0 Å². The zero-order valence-electron chi connectivity index (χ0n) is 14.4. The highest BCUT2D eigenvalue weighted by Crippen LogP contribution is 2.38. The number of phenols is 1. The van der Waals surface area contributed by atoms with Crippen molar-refractivity contribution in [1.82, 2.24) is 0 Å². The summed E-state index contributed by atoms with van der Waals surface area (Å²) in [6.45, 7) is 5.03. The molecule has 2 amide bonds. The van der Waals surface area contributed by atoms with E-state index in [-0.39, 0.29) is 5.75 Å². The molecular weight excluding hydrogens is 304 g/mol. The minimum absolute atomic E-state index is 0.0628. The van der Waals surface area contributed by atoms with Crippen LogP contribution in [0.1, 0.15) is 51.5 Å². The standard InChI is InChI=1S/C18H26N4O2/c1-12(2)11-22(14-6-4-3-5-7-14)17-13(10-19)8-15(23)9-16(17)21-18(20)24/h8-9,12,14,23H,3-7,11H2,1-2H3,(H3,20,21,24). The number of rotatable bonds is 5. The lowest BCUT2D eigenvalue weighted by Crippen LogP contribution is -2.40. The summed E-state index contributed by atoms with van der Waals surface area (Å²) in [5, 5.41) is 22.0. The first-order valence-electron chi connectivity index (χ1n) is 8.52. The summed E-state index contributed by atoms with van der Waals surface area (Å²) in [6, 6.07) is 4.66. The van der Waals surface area contributed by atoms with E-state index in [1.807, 2.05) is 0 Å². The zero-order chi connectivity index (χ0) is 17.7. The summed E-state index contributed by atoms with van der Waals surface area (Å²) in [4.78, 5) is 13.6. The molecule has 1 aliphatic carbocycles. The van der Waals surface area contributed by atoms with Crippen LogP contribution in [0.15, 0.2) is 12.1 Å². The summed E-state index contributed by atoms with van der Waals surface area (Å²) in [5.74, 6) is 0.334. The van der Waals surface area contributed by atoms with Gasteiger partial charge in [-0.1, -0.05) is 33.1 Å². The Morgan fingerprint density at radius 3 is 2.62 bits per heavy atom. The quantitative estimate of drug-likeness (QED) is 0.768. The van der Waals surface area contributed by atoms with Crippen molar-refractivity contribution >= 4 is 17.4 Å². The van der Waals surface area contributed by atoms with Gasteiger partial charge >= 0.3 is 6.03 Å². The summed E-state index contributed by atoms with van der Waals surface area (Å²) in [5.41, 5.74) is 6.69. The smallest absolute Gasteiger partial charge is 0.316 e. The highest BCUT2D eigenvalue weighted by Gasteiger charge is 2.27. The first-order valence-corrected chi connectivity index (χ1v) is 8.52. The second kappa shape index (κ2) is 7.91. The van der Waals surface area contributed by atoms with E-state index in [9.17, 15) is 15.2 Å². The molecule has 1 aromatic carbocycles. The van der Waals surface area contributed by atoms with E-state index < -0.39 is 6.03 Å². The van der Waals surface area contributed by atoms with Gasteiger partial charge in [-0.15, -0.1) is 0 Å². The van der Waals surface area contributed by atoms with Gasteiger partial charge in [0, 0.05) is 18.7 Å². The number of nitrogens with zero attached hydrogens (tertiary/aromatic N) is 2. The fraction of sp³-hybridized carbons (Fsp3) is 0.556. The molecule has 130 valence electrons. The minimum atomic E-state index is -0.709. The molecule has 1 fully saturated rings. The molecular formula is C18H26N4O2. The van der Waals surface area contributed by atoms with E-state index in [2.05, 4.69) is 30.1 Å². The van der Waals surface area contributed by atoms with Gasteiger partial charge in [0.05, 0.1) is 16.9 Å². The SMILES string of the molecule is CC(C)CN(c1c(C#N)cc(O)cc1NC(N)=O)C1CCCCC1. The Kier molecular flexibility index (Phi) is 5.91. The average molecular weight is 330 g/mol. The molecule has 6 heteroatoms. The summed E-state index contributed by atoms with van der Waals surface area (Å²) >= 11 is 0. The van der Waals surface area contributed by atoms with Gasteiger partial charge in [0.15, 0.2) is 0 Å².